The molecule has 218 valence electrons. The first-order chi connectivity index (χ1) is 18.5. The van der Waals surface area contributed by atoms with E-state index in [1.165, 1.54) is 12.1 Å². The molecule has 3 N–H and O–H groups in total. The van der Waals surface area contributed by atoms with Crippen molar-refractivity contribution in [1.29, 1.82) is 0 Å². The van der Waals surface area contributed by atoms with Gasteiger partial charge in [-0.05, 0) is 66.5 Å². The van der Waals surface area contributed by atoms with Gasteiger partial charge in [-0.2, -0.15) is 8.78 Å². The van der Waals surface area contributed by atoms with Crippen LogP contribution in [0.4, 0.5) is 8.78 Å². The summed E-state index contributed by atoms with van der Waals surface area (Å²) in [6.45, 7) is 7.35. The van der Waals surface area contributed by atoms with Crippen molar-refractivity contribution in [3.63, 3.8) is 0 Å². The van der Waals surface area contributed by atoms with E-state index < -0.39 is 42.2 Å². The zero-order chi connectivity index (χ0) is 29.3. The molecular formula is C27H34F2N3O6PS. The van der Waals surface area contributed by atoms with Crippen molar-refractivity contribution in [3.8, 4) is 0 Å². The Hall–Kier alpha value is -2.40. The van der Waals surface area contributed by atoms with Crippen LogP contribution in [0.1, 0.15) is 68.1 Å². The molecule has 0 radical (unpaired) electrons. The predicted octanol–water partition coefficient (Wildman–Crippen LogP) is 4.28. The fourth-order valence-corrected chi connectivity index (χ4v) is 7.16. The number of amides is 3. The Kier molecular flexibility index (Phi) is 7.17. The highest BCUT2D eigenvalue weighted by molar-refractivity contribution is 7.52. The van der Waals surface area contributed by atoms with Gasteiger partial charge in [0.05, 0.1) is 4.88 Å². The highest BCUT2D eigenvalue weighted by Gasteiger charge is 2.52. The summed E-state index contributed by atoms with van der Waals surface area (Å²) in [4.78, 5) is 62.3. The number of hydrogen-bond acceptors (Lipinski definition) is 5. The molecule has 2 aliphatic heterocycles. The number of likely N-dealkylation sites (tertiary alicyclic amines) is 2. The third kappa shape index (κ3) is 5.31. The lowest BCUT2D eigenvalue weighted by molar-refractivity contribution is -0.145. The molecule has 1 spiro atoms. The zero-order valence-electron chi connectivity index (χ0n) is 22.7. The van der Waals surface area contributed by atoms with Crippen LogP contribution in [0, 0.1) is 10.8 Å². The van der Waals surface area contributed by atoms with Gasteiger partial charge in [-0.3, -0.25) is 18.9 Å². The van der Waals surface area contributed by atoms with Crippen molar-refractivity contribution < 1.29 is 37.5 Å². The van der Waals surface area contributed by atoms with E-state index in [0.29, 0.717) is 30.6 Å². The van der Waals surface area contributed by atoms with E-state index in [4.69, 9.17) is 9.79 Å². The molecule has 13 heteroatoms. The first-order valence-corrected chi connectivity index (χ1v) is 15.8. The van der Waals surface area contributed by atoms with Gasteiger partial charge in [-0.15, -0.1) is 11.3 Å². The monoisotopic (exact) mass is 597 g/mol. The second kappa shape index (κ2) is 9.86. The Bertz CT molecular complexity index is 1410. The summed E-state index contributed by atoms with van der Waals surface area (Å²) >= 11 is 1.02. The third-order valence-electron chi connectivity index (χ3n) is 8.37. The van der Waals surface area contributed by atoms with E-state index in [9.17, 15) is 27.7 Å². The van der Waals surface area contributed by atoms with Crippen molar-refractivity contribution in [3.05, 3.63) is 34.7 Å². The lowest BCUT2D eigenvalue weighted by atomic mass is 9.85. The average molecular weight is 598 g/mol. The average Bonchev–Trinajstić information content (AvgIpc) is 3.23. The highest BCUT2D eigenvalue weighted by Crippen LogP contribution is 2.59. The smallest absolute Gasteiger partial charge is 0.340 e. The van der Waals surface area contributed by atoms with Gasteiger partial charge in [-0.1, -0.05) is 26.8 Å². The van der Waals surface area contributed by atoms with E-state index in [1.807, 2.05) is 25.7 Å². The van der Waals surface area contributed by atoms with Crippen molar-refractivity contribution in [2.75, 3.05) is 19.6 Å². The second-order valence-electron chi connectivity index (χ2n) is 12.4. The number of carbonyl (C=O) groups is 3. The Balaban J connectivity index is 1.34. The van der Waals surface area contributed by atoms with Crippen LogP contribution in [-0.4, -0.2) is 69.0 Å². The molecular weight excluding hydrogens is 563 g/mol. The minimum atomic E-state index is -5.74. The molecule has 1 saturated carbocycles. The second-order valence-corrected chi connectivity index (χ2v) is 15.2. The number of halogens is 2. The van der Waals surface area contributed by atoms with Crippen LogP contribution in [0.25, 0.3) is 10.1 Å². The largest absolute Gasteiger partial charge is 0.399 e. The van der Waals surface area contributed by atoms with Crippen molar-refractivity contribution >= 4 is 46.7 Å². The van der Waals surface area contributed by atoms with Gasteiger partial charge in [0.25, 0.3) is 5.91 Å². The van der Waals surface area contributed by atoms with E-state index in [-0.39, 0.29) is 27.5 Å². The number of hydrogen-bond donors (Lipinski definition) is 3. The molecule has 2 unspecified atom stereocenters. The Morgan fingerprint density at radius 1 is 1.12 bits per heavy atom. The van der Waals surface area contributed by atoms with Gasteiger partial charge in [-0.25, -0.2) is 0 Å². The molecule has 2 atom stereocenters. The molecule has 3 fully saturated rings. The van der Waals surface area contributed by atoms with Crippen LogP contribution in [-0.2, 0) is 19.8 Å². The maximum atomic E-state index is 14.2. The summed E-state index contributed by atoms with van der Waals surface area (Å²) < 4.78 is 40.2. The molecule has 2 aromatic rings. The molecule has 3 amide bonds. The molecule has 3 aliphatic rings. The van der Waals surface area contributed by atoms with E-state index in [2.05, 4.69) is 5.32 Å². The summed E-state index contributed by atoms with van der Waals surface area (Å²) in [6.07, 6.45) is 4.58. The molecule has 40 heavy (non-hydrogen) atoms. The number of nitrogens with zero attached hydrogens (tertiary/aromatic N) is 2. The van der Waals surface area contributed by atoms with Gasteiger partial charge in [0.2, 0.25) is 11.8 Å². The Morgan fingerprint density at radius 2 is 1.82 bits per heavy atom. The first kappa shape index (κ1) is 29.1. The number of fused-ring (bicyclic) bond motifs is 1. The van der Waals surface area contributed by atoms with Crippen LogP contribution >= 0.6 is 18.9 Å². The fourth-order valence-electron chi connectivity index (χ4n) is 5.73. The minimum Gasteiger partial charge on any atom is -0.340 e. The molecule has 2 saturated heterocycles. The van der Waals surface area contributed by atoms with Crippen LogP contribution in [0.2, 0.25) is 0 Å². The van der Waals surface area contributed by atoms with Crippen LogP contribution in [0.15, 0.2) is 24.3 Å². The molecule has 1 aliphatic carbocycles. The summed E-state index contributed by atoms with van der Waals surface area (Å²) in [7, 11) is -5.74. The number of alkyl halides is 2. The van der Waals surface area contributed by atoms with Crippen LogP contribution < -0.4 is 5.32 Å². The molecule has 1 aromatic heterocycles. The summed E-state index contributed by atoms with van der Waals surface area (Å²) in [6, 6.07) is 3.04. The van der Waals surface area contributed by atoms with Gasteiger partial charge in [0.15, 0.2) is 0 Å². The van der Waals surface area contributed by atoms with Gasteiger partial charge in [0, 0.05) is 29.9 Å². The number of thiophene rings is 1. The van der Waals surface area contributed by atoms with Gasteiger partial charge in [0.1, 0.15) is 12.1 Å². The van der Waals surface area contributed by atoms with Gasteiger partial charge >= 0.3 is 13.3 Å². The molecule has 0 bridgehead atoms. The molecule has 3 heterocycles. The standard InChI is InChI=1S/C27H34F2N3O6PS/c1-25(2,3)21(24(35)32-11-4-5-18(32)23(34)31-12-10-26(15-31)8-9-26)30-22(33)20-14-16-13-17(6-7-19(16)40-20)27(28,29)39(36,37)38/h6-7,13-14,18,21H,4-5,8-12,15H2,1-3H3,(H,30,33)(H2,36,37,38). The van der Waals surface area contributed by atoms with Crippen LogP contribution in [0.3, 0.4) is 0 Å². The van der Waals surface area contributed by atoms with Crippen molar-refractivity contribution in [1.82, 2.24) is 15.1 Å². The SMILES string of the molecule is CC(C)(C)C(NC(=O)c1cc2cc(C(F)(F)P(=O)(O)O)ccc2s1)C(=O)N1CCCC1C(=O)N1CCC2(CC2)C1. The topological polar surface area (TPSA) is 127 Å². The highest BCUT2D eigenvalue weighted by atomic mass is 32.1. The summed E-state index contributed by atoms with van der Waals surface area (Å²) in [5, 5.41) is 3.04. The Labute approximate surface area is 235 Å². The number of nitrogens with one attached hydrogen (secondary N) is 1. The fraction of sp³-hybridized carbons (Fsp3) is 0.593. The van der Waals surface area contributed by atoms with Crippen LogP contribution in [0.5, 0.6) is 0 Å². The zero-order valence-corrected chi connectivity index (χ0v) is 24.4. The normalized spacial score (nSPS) is 21.7. The lowest BCUT2D eigenvalue weighted by Crippen LogP contribution is -2.57. The summed E-state index contributed by atoms with van der Waals surface area (Å²) in [5.74, 6) is -0.933. The number of benzene rings is 1. The quantitative estimate of drug-likeness (QED) is 0.427. The van der Waals surface area contributed by atoms with Crippen molar-refractivity contribution in [2.45, 2.75) is 70.6 Å². The summed E-state index contributed by atoms with van der Waals surface area (Å²) in [5.41, 5.74) is -5.63. The maximum Gasteiger partial charge on any atom is 0.399 e. The minimum absolute atomic E-state index is 0.0268. The molecule has 9 nitrogen and oxygen atoms in total. The predicted molar refractivity (Wildman–Crippen MR) is 146 cm³/mol. The molecule has 5 rings (SSSR count). The van der Waals surface area contributed by atoms with E-state index in [0.717, 1.165) is 49.3 Å². The number of rotatable bonds is 6. The maximum absolute atomic E-state index is 14.2. The lowest BCUT2D eigenvalue weighted by Gasteiger charge is -2.36. The van der Waals surface area contributed by atoms with E-state index in [1.54, 1.807) is 4.90 Å². The first-order valence-electron chi connectivity index (χ1n) is 13.4. The molecule has 1 aromatic carbocycles. The Morgan fingerprint density at radius 3 is 2.42 bits per heavy atom. The number of carbonyl (C=O) groups excluding carboxylic acids is 3. The van der Waals surface area contributed by atoms with Gasteiger partial charge < -0.3 is 24.9 Å². The van der Waals surface area contributed by atoms with Crippen molar-refractivity contribution in [2.24, 2.45) is 10.8 Å². The third-order valence-corrected chi connectivity index (χ3v) is 10.5. The van der Waals surface area contributed by atoms with E-state index >= 15 is 0 Å².